The van der Waals surface area contributed by atoms with Gasteiger partial charge in [0.05, 0.1) is 23.0 Å². The number of hydrogen-bond donors (Lipinski definition) is 1. The van der Waals surface area contributed by atoms with Crippen molar-refractivity contribution in [2.24, 2.45) is 0 Å². The quantitative estimate of drug-likeness (QED) is 0.793. The third-order valence-corrected chi connectivity index (χ3v) is 3.92. The lowest BCUT2D eigenvalue weighted by atomic mass is 10.2. The van der Waals surface area contributed by atoms with Gasteiger partial charge < -0.3 is 5.32 Å². The predicted molar refractivity (Wildman–Crippen MR) is 79.8 cm³/mol. The van der Waals surface area contributed by atoms with E-state index in [1.165, 1.54) is 15.8 Å². The molecule has 0 fully saturated rings. The molecule has 0 atom stereocenters. The lowest BCUT2D eigenvalue weighted by molar-refractivity contribution is 0.637. The highest BCUT2D eigenvalue weighted by molar-refractivity contribution is 7.22. The van der Waals surface area contributed by atoms with E-state index in [0.29, 0.717) is 0 Å². The van der Waals surface area contributed by atoms with Crippen molar-refractivity contribution in [3.8, 4) is 0 Å². The molecule has 3 aromatic rings. The fraction of sp³-hybridized carbons (Fsp3) is 0.286. The van der Waals surface area contributed by atoms with E-state index >= 15 is 0 Å². The molecule has 3 rings (SSSR count). The molecule has 2 aromatic heterocycles. The predicted octanol–water partition coefficient (Wildman–Crippen LogP) is 3.22. The second-order valence-electron chi connectivity index (χ2n) is 4.70. The fourth-order valence-corrected chi connectivity index (χ4v) is 2.85. The van der Waals surface area contributed by atoms with Crippen molar-refractivity contribution < 1.29 is 0 Å². The summed E-state index contributed by atoms with van der Waals surface area (Å²) in [5.74, 6) is 0. The summed E-state index contributed by atoms with van der Waals surface area (Å²) in [6.07, 6.45) is 3.92. The van der Waals surface area contributed by atoms with Gasteiger partial charge >= 0.3 is 0 Å². The highest BCUT2D eigenvalue weighted by atomic mass is 32.1. The first-order valence-corrected chi connectivity index (χ1v) is 7.12. The number of rotatable bonds is 4. The lowest BCUT2D eigenvalue weighted by Gasteiger charge is -2.02. The molecule has 0 amide bonds. The molecule has 5 heteroatoms. The Morgan fingerprint density at radius 3 is 2.95 bits per heavy atom. The number of nitrogens with one attached hydrogen (secondary N) is 1. The number of nitrogens with zero attached hydrogens (tertiary/aromatic N) is 3. The Labute approximate surface area is 116 Å². The number of benzene rings is 1. The largest absolute Gasteiger partial charge is 0.360 e. The smallest absolute Gasteiger partial charge is 0.183 e. The summed E-state index contributed by atoms with van der Waals surface area (Å²) in [5.41, 5.74) is 3.51. The third-order valence-electron chi connectivity index (χ3n) is 2.92. The van der Waals surface area contributed by atoms with Crippen LogP contribution in [-0.2, 0) is 6.54 Å². The Hall–Kier alpha value is -1.88. The zero-order chi connectivity index (χ0) is 13.2. The van der Waals surface area contributed by atoms with E-state index in [0.717, 1.165) is 23.7 Å². The zero-order valence-electron chi connectivity index (χ0n) is 11.1. The van der Waals surface area contributed by atoms with Gasteiger partial charge in [-0.3, -0.25) is 4.68 Å². The van der Waals surface area contributed by atoms with Gasteiger partial charge in [0.15, 0.2) is 5.13 Å². The number of anilines is 1. The van der Waals surface area contributed by atoms with Crippen LogP contribution in [0.15, 0.2) is 30.6 Å². The summed E-state index contributed by atoms with van der Waals surface area (Å²) in [5, 5.41) is 8.60. The van der Waals surface area contributed by atoms with Crippen LogP contribution >= 0.6 is 11.3 Å². The fourth-order valence-electron chi connectivity index (χ4n) is 1.98. The molecule has 0 unspecified atom stereocenters. The monoisotopic (exact) mass is 272 g/mol. The van der Waals surface area contributed by atoms with Gasteiger partial charge in [-0.05, 0) is 37.1 Å². The SMILES string of the molecule is Cc1ccc2sc(NCCn3cc(C)cn3)nc2c1. The molecule has 19 heavy (non-hydrogen) atoms. The molecule has 0 bridgehead atoms. The van der Waals surface area contributed by atoms with E-state index in [9.17, 15) is 0 Å². The maximum Gasteiger partial charge on any atom is 0.183 e. The topological polar surface area (TPSA) is 42.7 Å². The number of thiazole rings is 1. The molecular weight excluding hydrogens is 256 g/mol. The minimum Gasteiger partial charge on any atom is -0.360 e. The van der Waals surface area contributed by atoms with Gasteiger partial charge in [0.25, 0.3) is 0 Å². The van der Waals surface area contributed by atoms with E-state index < -0.39 is 0 Å². The minimum atomic E-state index is 0.833. The zero-order valence-corrected chi connectivity index (χ0v) is 11.9. The summed E-state index contributed by atoms with van der Waals surface area (Å²) < 4.78 is 3.17. The van der Waals surface area contributed by atoms with E-state index in [1.54, 1.807) is 11.3 Å². The second-order valence-corrected chi connectivity index (χ2v) is 5.73. The molecule has 2 heterocycles. The van der Waals surface area contributed by atoms with E-state index in [4.69, 9.17) is 0 Å². The van der Waals surface area contributed by atoms with E-state index in [2.05, 4.69) is 40.5 Å². The van der Waals surface area contributed by atoms with Crippen molar-refractivity contribution in [2.45, 2.75) is 20.4 Å². The molecule has 4 nitrogen and oxygen atoms in total. The Kier molecular flexibility index (Phi) is 3.21. The van der Waals surface area contributed by atoms with E-state index in [1.807, 2.05) is 24.0 Å². The Balaban J connectivity index is 1.65. The number of aromatic nitrogens is 3. The molecule has 0 saturated carbocycles. The van der Waals surface area contributed by atoms with Gasteiger partial charge in [0, 0.05) is 12.7 Å². The second kappa shape index (κ2) is 5.01. The Bertz CT molecular complexity index is 698. The van der Waals surface area contributed by atoms with Crippen LogP contribution < -0.4 is 5.32 Å². The molecule has 98 valence electrons. The molecule has 0 aliphatic heterocycles. The van der Waals surface area contributed by atoms with Crippen molar-refractivity contribution in [1.82, 2.24) is 14.8 Å². The summed E-state index contributed by atoms with van der Waals surface area (Å²) in [6, 6.07) is 6.37. The highest BCUT2D eigenvalue weighted by Gasteiger charge is 2.03. The minimum absolute atomic E-state index is 0.833. The molecular formula is C14H16N4S. The Morgan fingerprint density at radius 2 is 2.16 bits per heavy atom. The number of fused-ring (bicyclic) bond motifs is 1. The van der Waals surface area contributed by atoms with Crippen molar-refractivity contribution >= 4 is 26.7 Å². The first kappa shape index (κ1) is 12.2. The highest BCUT2D eigenvalue weighted by Crippen LogP contribution is 2.26. The van der Waals surface area contributed by atoms with Gasteiger partial charge in [-0.2, -0.15) is 5.10 Å². The lowest BCUT2D eigenvalue weighted by Crippen LogP contribution is -2.10. The average Bonchev–Trinajstić information content (AvgIpc) is 2.95. The van der Waals surface area contributed by atoms with Gasteiger partial charge in [0.2, 0.25) is 0 Å². The maximum absolute atomic E-state index is 4.59. The van der Waals surface area contributed by atoms with Crippen LogP contribution in [-0.4, -0.2) is 21.3 Å². The van der Waals surface area contributed by atoms with Crippen LogP contribution in [0.25, 0.3) is 10.2 Å². The van der Waals surface area contributed by atoms with Gasteiger partial charge in [-0.15, -0.1) is 0 Å². The first-order valence-electron chi connectivity index (χ1n) is 6.31. The molecule has 0 aliphatic rings. The van der Waals surface area contributed by atoms with Crippen molar-refractivity contribution in [1.29, 1.82) is 0 Å². The van der Waals surface area contributed by atoms with Crippen LogP contribution in [0.1, 0.15) is 11.1 Å². The number of aryl methyl sites for hydroxylation is 2. The maximum atomic E-state index is 4.59. The molecule has 1 N–H and O–H groups in total. The van der Waals surface area contributed by atoms with E-state index in [-0.39, 0.29) is 0 Å². The van der Waals surface area contributed by atoms with Crippen LogP contribution in [0.2, 0.25) is 0 Å². The first-order chi connectivity index (χ1) is 9.20. The standard InChI is InChI=1S/C14H16N4S/c1-10-3-4-13-12(7-10)17-14(19-13)15-5-6-18-9-11(2)8-16-18/h3-4,7-9H,5-6H2,1-2H3,(H,15,17). The molecule has 0 saturated heterocycles. The normalized spacial score (nSPS) is 11.1. The molecule has 1 aromatic carbocycles. The van der Waals surface area contributed by atoms with Gasteiger partial charge in [0.1, 0.15) is 0 Å². The summed E-state index contributed by atoms with van der Waals surface area (Å²) >= 11 is 1.69. The molecule has 0 spiro atoms. The van der Waals surface area contributed by atoms with Gasteiger partial charge in [-0.25, -0.2) is 4.98 Å². The van der Waals surface area contributed by atoms with Crippen LogP contribution in [0.3, 0.4) is 0 Å². The van der Waals surface area contributed by atoms with Crippen LogP contribution in [0.5, 0.6) is 0 Å². The molecule has 0 radical (unpaired) electrons. The third kappa shape index (κ3) is 2.76. The van der Waals surface area contributed by atoms with Gasteiger partial charge in [-0.1, -0.05) is 17.4 Å². The van der Waals surface area contributed by atoms with Crippen molar-refractivity contribution in [3.63, 3.8) is 0 Å². The van der Waals surface area contributed by atoms with Crippen molar-refractivity contribution in [2.75, 3.05) is 11.9 Å². The van der Waals surface area contributed by atoms with Crippen LogP contribution in [0, 0.1) is 13.8 Å². The molecule has 0 aliphatic carbocycles. The average molecular weight is 272 g/mol. The summed E-state index contributed by atoms with van der Waals surface area (Å²) in [7, 11) is 0. The Morgan fingerprint density at radius 1 is 1.26 bits per heavy atom. The van der Waals surface area contributed by atoms with Crippen molar-refractivity contribution in [3.05, 3.63) is 41.7 Å². The van der Waals surface area contributed by atoms with Crippen LogP contribution in [0.4, 0.5) is 5.13 Å². The summed E-state index contributed by atoms with van der Waals surface area (Å²) in [6.45, 7) is 5.82. The number of hydrogen-bond acceptors (Lipinski definition) is 4. The summed E-state index contributed by atoms with van der Waals surface area (Å²) in [4.78, 5) is 4.59.